The van der Waals surface area contributed by atoms with E-state index >= 15 is 0 Å². The van der Waals surface area contributed by atoms with Crippen molar-refractivity contribution in [1.82, 2.24) is 0 Å². The molecule has 0 aliphatic carbocycles. The van der Waals surface area contributed by atoms with Gasteiger partial charge in [-0.15, -0.1) is 0 Å². The van der Waals surface area contributed by atoms with E-state index in [1.165, 1.54) is 7.11 Å². The molecule has 3 nitrogen and oxygen atoms in total. The van der Waals surface area contributed by atoms with Gasteiger partial charge >= 0.3 is 5.97 Å². The number of benzene rings is 2. The van der Waals surface area contributed by atoms with Gasteiger partial charge in [-0.1, -0.05) is 24.3 Å². The van der Waals surface area contributed by atoms with Crippen LogP contribution in [0.15, 0.2) is 36.4 Å². The topological polar surface area (TPSA) is 46.5 Å². The Morgan fingerprint density at radius 3 is 2.71 bits per heavy atom. The maximum atomic E-state index is 10.9. The normalized spacial score (nSPS) is 13.2. The molecule has 0 radical (unpaired) electrons. The lowest BCUT2D eigenvalue weighted by molar-refractivity contribution is -0.138. The quantitative estimate of drug-likeness (QED) is 0.883. The minimum Gasteiger partial charge on any atom is -0.497 e. The average Bonchev–Trinajstić information content (AvgIpc) is 2.37. The molecule has 0 saturated carbocycles. The van der Waals surface area contributed by atoms with Crippen molar-refractivity contribution in [3.05, 3.63) is 41.9 Å². The summed E-state index contributed by atoms with van der Waals surface area (Å²) in [5.74, 6) is -0.888. The molecule has 0 amide bonds. The van der Waals surface area contributed by atoms with Gasteiger partial charge in [0.25, 0.3) is 0 Å². The Morgan fingerprint density at radius 2 is 2.06 bits per heavy atom. The predicted molar refractivity (Wildman–Crippen MR) is 66.6 cm³/mol. The van der Waals surface area contributed by atoms with E-state index in [0.29, 0.717) is 11.8 Å². The molecule has 1 atom stereocenters. The molecule has 0 aromatic heterocycles. The number of hydrogen-bond donors (Lipinski definition) is 1. The second kappa shape index (κ2) is 4.45. The van der Waals surface area contributed by atoms with Gasteiger partial charge in [-0.05, 0) is 35.4 Å². The van der Waals surface area contributed by atoms with Crippen LogP contribution in [0.25, 0.3) is 10.8 Å². The number of ether oxygens (including phenoxy) is 1. The molecule has 0 heterocycles. The van der Waals surface area contributed by atoms with E-state index in [1.807, 2.05) is 12.1 Å². The van der Waals surface area contributed by atoms with Crippen LogP contribution >= 0.6 is 0 Å². The SMILES string of the molecule is [2H]c1c(OC)ccc2cc([C@H](C)C(=O)O)ccc12. The molecule has 0 unspecified atom stereocenters. The van der Waals surface area contributed by atoms with Crippen molar-refractivity contribution >= 4 is 16.7 Å². The summed E-state index contributed by atoms with van der Waals surface area (Å²) in [5, 5.41) is 10.6. The Kier molecular flexibility index (Phi) is 2.66. The smallest absolute Gasteiger partial charge is 0.310 e. The minimum absolute atomic E-state index is 0.324. The van der Waals surface area contributed by atoms with Crippen LogP contribution in [0, 0.1) is 0 Å². The van der Waals surface area contributed by atoms with Gasteiger partial charge in [-0.2, -0.15) is 0 Å². The van der Waals surface area contributed by atoms with Crippen molar-refractivity contribution in [2.45, 2.75) is 12.8 Å². The summed E-state index contributed by atoms with van der Waals surface area (Å²) in [4.78, 5) is 10.9. The fourth-order valence-corrected chi connectivity index (χ4v) is 1.70. The monoisotopic (exact) mass is 231 g/mol. The first kappa shape index (κ1) is 10.1. The lowest BCUT2D eigenvalue weighted by atomic mass is 9.98. The Morgan fingerprint density at radius 1 is 1.35 bits per heavy atom. The number of carboxylic acids is 1. The molecule has 0 saturated heterocycles. The zero-order valence-electron chi connectivity index (χ0n) is 10.7. The largest absolute Gasteiger partial charge is 0.497 e. The molecular formula is C14H14O3. The van der Waals surface area contributed by atoms with Crippen molar-refractivity contribution in [2.75, 3.05) is 7.11 Å². The fourth-order valence-electron chi connectivity index (χ4n) is 1.70. The Hall–Kier alpha value is -2.03. The highest BCUT2D eigenvalue weighted by atomic mass is 16.5. The molecule has 88 valence electrons. The first-order valence-electron chi connectivity index (χ1n) is 5.84. The van der Waals surface area contributed by atoms with Gasteiger partial charge in [-0.3, -0.25) is 4.79 Å². The molecule has 2 aromatic rings. The van der Waals surface area contributed by atoms with Gasteiger partial charge in [0.05, 0.1) is 14.4 Å². The number of hydrogen-bond acceptors (Lipinski definition) is 2. The van der Waals surface area contributed by atoms with Gasteiger partial charge in [0.1, 0.15) is 5.75 Å². The molecule has 17 heavy (non-hydrogen) atoms. The van der Waals surface area contributed by atoms with Crippen LogP contribution in [0.4, 0.5) is 0 Å². The molecule has 0 fully saturated rings. The van der Waals surface area contributed by atoms with Gasteiger partial charge in [-0.25, -0.2) is 0 Å². The Bertz CT molecular complexity index is 607. The highest BCUT2D eigenvalue weighted by Crippen LogP contribution is 2.25. The summed E-state index contributed by atoms with van der Waals surface area (Å²) in [6, 6.07) is 9.22. The van der Waals surface area contributed by atoms with Gasteiger partial charge in [0, 0.05) is 0 Å². The van der Waals surface area contributed by atoms with Crippen molar-refractivity contribution in [3.63, 3.8) is 0 Å². The Labute approximate surface area is 101 Å². The van der Waals surface area contributed by atoms with Gasteiger partial charge < -0.3 is 9.84 Å². The van der Waals surface area contributed by atoms with Gasteiger partial charge in [0.15, 0.2) is 0 Å². The molecule has 0 aliphatic heterocycles. The fraction of sp³-hybridized carbons (Fsp3) is 0.214. The predicted octanol–water partition coefficient (Wildman–Crippen LogP) is 3.04. The van der Waals surface area contributed by atoms with E-state index in [2.05, 4.69) is 0 Å². The van der Waals surface area contributed by atoms with E-state index < -0.39 is 11.9 Å². The summed E-state index contributed by atoms with van der Waals surface area (Å²) in [6.45, 7) is 1.65. The third-order valence-electron chi connectivity index (χ3n) is 2.84. The maximum absolute atomic E-state index is 10.9. The third-order valence-corrected chi connectivity index (χ3v) is 2.84. The summed E-state index contributed by atoms with van der Waals surface area (Å²) in [7, 11) is 1.53. The van der Waals surface area contributed by atoms with Crippen LogP contribution in [0.3, 0.4) is 0 Å². The van der Waals surface area contributed by atoms with Crippen LogP contribution in [0.5, 0.6) is 5.75 Å². The molecule has 3 heteroatoms. The number of rotatable bonds is 3. The molecule has 0 bridgehead atoms. The first-order valence-corrected chi connectivity index (χ1v) is 5.34. The van der Waals surface area contributed by atoms with Crippen molar-refractivity contribution in [3.8, 4) is 5.75 Å². The molecule has 2 rings (SSSR count). The number of fused-ring (bicyclic) bond motifs is 1. The first-order chi connectivity index (χ1) is 8.54. The number of methoxy groups -OCH3 is 1. The highest BCUT2D eigenvalue weighted by molar-refractivity contribution is 5.86. The minimum atomic E-state index is -0.853. The van der Waals surface area contributed by atoms with Crippen LogP contribution in [-0.2, 0) is 4.79 Å². The van der Waals surface area contributed by atoms with E-state index in [4.69, 9.17) is 11.2 Å². The second-order valence-corrected chi connectivity index (χ2v) is 3.93. The lowest BCUT2D eigenvalue weighted by Crippen LogP contribution is -2.06. The number of carboxylic acid groups (broad SMARTS) is 1. The van der Waals surface area contributed by atoms with Crippen molar-refractivity contribution in [1.29, 1.82) is 0 Å². The standard InChI is InChI=1S/C14H14O3/c1-9(14(15)16)10-3-4-12-8-13(17-2)6-5-11(12)7-10/h3-9H,1-2H3,(H,15,16)/t9-/m0/s1/i8D. The summed E-state index contributed by atoms with van der Waals surface area (Å²) in [6.07, 6.45) is 0. The van der Waals surface area contributed by atoms with E-state index in [-0.39, 0.29) is 0 Å². The molecule has 2 aromatic carbocycles. The zero-order chi connectivity index (χ0) is 13.3. The second-order valence-electron chi connectivity index (χ2n) is 3.93. The summed E-state index contributed by atoms with van der Waals surface area (Å²) >= 11 is 0. The number of aliphatic carboxylic acids is 1. The molecular weight excluding hydrogens is 216 g/mol. The van der Waals surface area contributed by atoms with E-state index in [9.17, 15) is 4.79 Å². The Balaban J connectivity index is 2.57. The van der Waals surface area contributed by atoms with Crippen molar-refractivity contribution in [2.24, 2.45) is 0 Å². The summed E-state index contributed by atoms with van der Waals surface area (Å²) < 4.78 is 13.0. The van der Waals surface area contributed by atoms with Gasteiger partial charge in [0.2, 0.25) is 0 Å². The van der Waals surface area contributed by atoms with Crippen molar-refractivity contribution < 1.29 is 16.0 Å². The maximum Gasteiger partial charge on any atom is 0.310 e. The third kappa shape index (κ3) is 2.23. The molecule has 0 spiro atoms. The molecule has 0 aliphatic rings. The zero-order valence-corrected chi connectivity index (χ0v) is 9.73. The summed E-state index contributed by atoms with van der Waals surface area (Å²) in [5.41, 5.74) is 0.736. The number of carbonyl (C=O) groups is 1. The highest BCUT2D eigenvalue weighted by Gasteiger charge is 2.13. The van der Waals surface area contributed by atoms with Crippen LogP contribution in [0.2, 0.25) is 0 Å². The van der Waals surface area contributed by atoms with Crippen LogP contribution < -0.4 is 4.74 Å². The average molecular weight is 231 g/mol. The van der Waals surface area contributed by atoms with E-state index in [0.717, 1.165) is 16.3 Å². The van der Waals surface area contributed by atoms with E-state index in [1.54, 1.807) is 25.1 Å². The van der Waals surface area contributed by atoms with Crippen LogP contribution in [-0.4, -0.2) is 18.2 Å². The van der Waals surface area contributed by atoms with Crippen LogP contribution in [0.1, 0.15) is 19.8 Å². The lowest BCUT2D eigenvalue weighted by Gasteiger charge is -2.08. The molecule has 1 N–H and O–H groups in total.